The van der Waals surface area contributed by atoms with Gasteiger partial charge in [0.15, 0.2) is 0 Å². The molecule has 2 aliphatic rings. The van der Waals surface area contributed by atoms with E-state index >= 15 is 0 Å². The summed E-state index contributed by atoms with van der Waals surface area (Å²) in [5.41, 5.74) is 6.77. The molecule has 2 atom stereocenters. The number of amides is 3. The van der Waals surface area contributed by atoms with Crippen molar-refractivity contribution in [3.05, 3.63) is 126 Å². The maximum absolute atomic E-state index is 13.1. The van der Waals surface area contributed by atoms with Crippen LogP contribution < -0.4 is 10.6 Å². The van der Waals surface area contributed by atoms with Gasteiger partial charge in [-0.05, 0) is 86.3 Å². The fraction of sp³-hybridized carbons (Fsp3) is 0.262. The van der Waals surface area contributed by atoms with Crippen LogP contribution in [0.2, 0.25) is 0 Å². The predicted molar refractivity (Wildman–Crippen MR) is 206 cm³/mol. The van der Waals surface area contributed by atoms with Gasteiger partial charge in [-0.25, -0.2) is 4.79 Å². The second-order valence-corrected chi connectivity index (χ2v) is 13.2. The molecule has 54 heavy (non-hydrogen) atoms. The van der Waals surface area contributed by atoms with Gasteiger partial charge in [0.2, 0.25) is 11.8 Å². The molecule has 2 saturated heterocycles. The first-order chi connectivity index (χ1) is 26.4. The summed E-state index contributed by atoms with van der Waals surface area (Å²) in [6, 6.07) is 35.5. The minimum atomic E-state index is -0.572. The topological polar surface area (TPSA) is 146 Å². The Bertz CT molecular complexity index is 1990. The average molecular weight is 729 g/mol. The number of aromatic amines is 1. The Morgan fingerprint density at radius 2 is 1.30 bits per heavy atom. The van der Waals surface area contributed by atoms with Gasteiger partial charge in [-0.15, -0.1) is 0 Å². The van der Waals surface area contributed by atoms with E-state index in [4.69, 9.17) is 4.74 Å². The second kappa shape index (κ2) is 18.5. The minimum absolute atomic E-state index is 0.0290. The van der Waals surface area contributed by atoms with E-state index in [2.05, 4.69) is 30.5 Å². The van der Waals surface area contributed by atoms with Gasteiger partial charge in [0, 0.05) is 23.5 Å². The number of hydrogen-bond donors (Lipinski definition) is 3. The quantitative estimate of drug-likeness (QED) is 0.125. The smallest absolute Gasteiger partial charge is 0.410 e. The molecule has 12 nitrogen and oxygen atoms in total. The van der Waals surface area contributed by atoms with E-state index in [1.807, 2.05) is 122 Å². The lowest BCUT2D eigenvalue weighted by atomic mass is 10.1. The van der Waals surface area contributed by atoms with E-state index in [0.29, 0.717) is 31.7 Å². The molecule has 12 heteroatoms. The summed E-state index contributed by atoms with van der Waals surface area (Å²) in [4.78, 5) is 51.7. The van der Waals surface area contributed by atoms with Crippen LogP contribution in [0.1, 0.15) is 36.8 Å². The Morgan fingerprint density at radius 1 is 0.741 bits per heavy atom. The van der Waals surface area contributed by atoms with Crippen molar-refractivity contribution in [2.24, 2.45) is 0 Å². The summed E-state index contributed by atoms with van der Waals surface area (Å²) in [5, 5.41) is 13.5. The number of benzene rings is 4. The highest BCUT2D eigenvalue weighted by Gasteiger charge is 2.35. The number of nitrogens with one attached hydrogen (secondary N) is 3. The molecule has 0 spiro atoms. The molecule has 2 fully saturated rings. The van der Waals surface area contributed by atoms with Gasteiger partial charge >= 0.3 is 6.09 Å². The first kappa shape index (κ1) is 37.5. The van der Waals surface area contributed by atoms with Crippen molar-refractivity contribution < 1.29 is 28.7 Å². The number of likely N-dealkylation sites (N-methyl/N-ethyl adjacent to an activating group) is 1. The molecule has 3 heterocycles. The summed E-state index contributed by atoms with van der Waals surface area (Å²) in [6.45, 7) is 2.42. The van der Waals surface area contributed by atoms with Crippen LogP contribution in [-0.4, -0.2) is 76.6 Å². The van der Waals surface area contributed by atoms with Crippen LogP contribution in [0.15, 0.2) is 115 Å². The Hall–Kier alpha value is -6.27. The zero-order chi connectivity index (χ0) is 37.7. The molecule has 2 aliphatic heterocycles. The summed E-state index contributed by atoms with van der Waals surface area (Å²) in [6.07, 6.45) is 2.78. The van der Waals surface area contributed by atoms with E-state index < -0.39 is 12.1 Å². The van der Waals surface area contributed by atoms with Gasteiger partial charge in [0.25, 0.3) is 6.47 Å². The van der Waals surface area contributed by atoms with Crippen LogP contribution in [-0.2, 0) is 37.1 Å². The fourth-order valence-corrected chi connectivity index (χ4v) is 6.53. The molecular weight excluding hydrogens is 684 g/mol. The third-order valence-corrected chi connectivity index (χ3v) is 9.47. The molecule has 5 aromatic rings. The van der Waals surface area contributed by atoms with Crippen molar-refractivity contribution in [1.82, 2.24) is 20.0 Å². The monoisotopic (exact) mass is 728 g/mol. The van der Waals surface area contributed by atoms with E-state index in [9.17, 15) is 19.2 Å². The van der Waals surface area contributed by atoms with Crippen molar-refractivity contribution in [3.63, 3.8) is 0 Å². The summed E-state index contributed by atoms with van der Waals surface area (Å²) in [7, 11) is 1.98. The second-order valence-electron chi connectivity index (χ2n) is 13.2. The highest BCUT2D eigenvalue weighted by molar-refractivity contribution is 5.97. The van der Waals surface area contributed by atoms with Crippen LogP contribution in [0.25, 0.3) is 22.5 Å². The average Bonchev–Trinajstić information content (AvgIpc) is 4.00. The van der Waals surface area contributed by atoms with Crippen LogP contribution in [0.4, 0.5) is 16.2 Å². The molecule has 1 aromatic heterocycles. The van der Waals surface area contributed by atoms with Crippen LogP contribution in [0.5, 0.6) is 0 Å². The van der Waals surface area contributed by atoms with E-state index in [0.717, 1.165) is 65.1 Å². The number of carbonyl (C=O) groups is 4. The molecule has 278 valence electrons. The van der Waals surface area contributed by atoms with Crippen LogP contribution in [0, 0.1) is 0 Å². The highest BCUT2D eigenvalue weighted by Crippen LogP contribution is 2.27. The number of carbonyl (C=O) groups excluding carboxylic acids is 4. The fourth-order valence-electron chi connectivity index (χ4n) is 6.53. The molecule has 3 N–H and O–H groups in total. The number of rotatable bonds is 11. The summed E-state index contributed by atoms with van der Waals surface area (Å²) >= 11 is 0. The third kappa shape index (κ3) is 9.98. The Kier molecular flexibility index (Phi) is 12.8. The number of likely N-dealkylation sites (tertiary alicyclic amines) is 2. The normalized spacial score (nSPS) is 16.5. The molecule has 0 aliphatic carbocycles. The third-order valence-electron chi connectivity index (χ3n) is 9.47. The first-order valence-electron chi connectivity index (χ1n) is 18.0. The zero-order valence-corrected chi connectivity index (χ0v) is 30.1. The Labute approximate surface area is 314 Å². The lowest BCUT2D eigenvalue weighted by Gasteiger charge is -2.23. The maximum Gasteiger partial charge on any atom is 0.410 e. The van der Waals surface area contributed by atoms with Crippen LogP contribution >= 0.6 is 0 Å². The largest absolute Gasteiger partial charge is 0.463 e. The standard InChI is InChI=1S/C34H36N6O4.C8H8O2/c1-39-19-5-9-30(39)32(41)35-26-15-11-24(12-16-26)28-21-29(38-37-28)25-13-17-27(18-14-25)36-33(42)31-10-6-20-40(31)34(43)44-22-23-7-3-2-4-8-23;9-7-10-6-8-4-2-1-3-5-8/h2-4,7-8,11-18,21,30-31H,5-6,9-10,19-20,22H2,1H3,(H,35,41)(H,36,42)(H,37,38);1-5,7H,6H2/t30-,31-;/m0./s1. The molecule has 7 rings (SSSR count). The number of aromatic nitrogens is 2. The van der Waals surface area contributed by atoms with Crippen molar-refractivity contribution >= 4 is 35.8 Å². The van der Waals surface area contributed by atoms with Gasteiger partial charge in [-0.1, -0.05) is 84.9 Å². The first-order valence-corrected chi connectivity index (χ1v) is 18.0. The maximum atomic E-state index is 13.1. The van der Waals surface area contributed by atoms with Crippen molar-refractivity contribution in [2.45, 2.75) is 51.0 Å². The van der Waals surface area contributed by atoms with Crippen molar-refractivity contribution in [1.29, 1.82) is 0 Å². The van der Waals surface area contributed by atoms with Gasteiger partial charge < -0.3 is 20.1 Å². The predicted octanol–water partition coefficient (Wildman–Crippen LogP) is 6.88. The van der Waals surface area contributed by atoms with Crippen LogP contribution in [0.3, 0.4) is 0 Å². The Balaban J connectivity index is 0.000000432. The SMILES string of the molecule is CN1CCC[C@H]1C(=O)Nc1ccc(-c2cc(-c3ccc(NC(=O)[C@@H]4CCCN4C(=O)OCc4ccccc4)cc3)[nH]n2)cc1.O=COCc1ccccc1. The van der Waals surface area contributed by atoms with Crippen molar-refractivity contribution in [3.8, 4) is 22.5 Å². The number of hydrogen-bond acceptors (Lipinski definition) is 8. The van der Waals surface area contributed by atoms with Crippen molar-refractivity contribution in [2.75, 3.05) is 30.8 Å². The number of H-pyrrole nitrogens is 1. The van der Waals surface area contributed by atoms with Gasteiger partial charge in [0.05, 0.1) is 17.4 Å². The molecule has 0 radical (unpaired) electrons. The molecular formula is C42H44N6O6. The number of anilines is 2. The van der Waals surface area contributed by atoms with Gasteiger partial charge in [-0.2, -0.15) is 5.10 Å². The molecule has 0 bridgehead atoms. The Morgan fingerprint density at radius 3 is 1.89 bits per heavy atom. The summed E-state index contributed by atoms with van der Waals surface area (Å²) < 4.78 is 10.0. The van der Waals surface area contributed by atoms with Gasteiger partial charge in [0.1, 0.15) is 19.3 Å². The molecule has 0 saturated carbocycles. The summed E-state index contributed by atoms with van der Waals surface area (Å²) in [5.74, 6) is -0.202. The van der Waals surface area contributed by atoms with E-state index in [-0.39, 0.29) is 24.5 Å². The van der Waals surface area contributed by atoms with Gasteiger partial charge in [-0.3, -0.25) is 29.3 Å². The lowest BCUT2D eigenvalue weighted by Crippen LogP contribution is -2.43. The number of ether oxygens (including phenoxy) is 2. The highest BCUT2D eigenvalue weighted by atomic mass is 16.6. The minimum Gasteiger partial charge on any atom is -0.463 e. The number of nitrogens with zero attached hydrogens (tertiary/aromatic N) is 3. The zero-order valence-electron chi connectivity index (χ0n) is 30.1. The molecule has 0 unspecified atom stereocenters. The van der Waals surface area contributed by atoms with E-state index in [1.54, 1.807) is 0 Å². The van der Waals surface area contributed by atoms with E-state index in [1.165, 1.54) is 4.90 Å². The molecule has 4 aromatic carbocycles. The molecule has 3 amide bonds. The lowest BCUT2D eigenvalue weighted by molar-refractivity contribution is -0.129.